The first-order valence-electron chi connectivity index (χ1n) is 8.85. The number of carbonyl (C=O) groups excluding carboxylic acids is 2. The number of halogens is 1. The number of nitrogens with one attached hydrogen (secondary N) is 2. The van der Waals surface area contributed by atoms with E-state index in [1.165, 1.54) is 37.5 Å². The summed E-state index contributed by atoms with van der Waals surface area (Å²) >= 11 is 1.25. The Labute approximate surface area is 171 Å². The van der Waals surface area contributed by atoms with Crippen LogP contribution in [0.2, 0.25) is 0 Å². The van der Waals surface area contributed by atoms with Crippen molar-refractivity contribution in [1.82, 2.24) is 10.3 Å². The molecule has 1 atom stereocenters. The van der Waals surface area contributed by atoms with Crippen LogP contribution in [0, 0.1) is 5.82 Å². The molecule has 6 nitrogen and oxygen atoms in total. The van der Waals surface area contributed by atoms with Gasteiger partial charge in [-0.25, -0.2) is 9.37 Å². The molecule has 0 aliphatic rings. The van der Waals surface area contributed by atoms with E-state index in [2.05, 4.69) is 15.6 Å². The van der Waals surface area contributed by atoms with Gasteiger partial charge in [0.15, 0.2) is 5.13 Å². The van der Waals surface area contributed by atoms with Crippen LogP contribution in [0.4, 0.5) is 9.52 Å². The average Bonchev–Trinajstić information content (AvgIpc) is 3.15. The third-order valence-electron chi connectivity index (χ3n) is 4.27. The van der Waals surface area contributed by atoms with Crippen molar-refractivity contribution in [3.05, 3.63) is 64.8 Å². The molecule has 3 rings (SSSR count). The lowest BCUT2D eigenvalue weighted by atomic mass is 10.1. The lowest BCUT2D eigenvalue weighted by Gasteiger charge is -2.13. The van der Waals surface area contributed by atoms with Gasteiger partial charge in [0, 0.05) is 23.9 Å². The smallest absolute Gasteiger partial charge is 0.260 e. The van der Waals surface area contributed by atoms with Gasteiger partial charge in [-0.05, 0) is 24.6 Å². The van der Waals surface area contributed by atoms with Crippen molar-refractivity contribution in [2.45, 2.75) is 19.9 Å². The van der Waals surface area contributed by atoms with Crippen molar-refractivity contribution in [2.24, 2.45) is 0 Å². The van der Waals surface area contributed by atoms with Gasteiger partial charge in [-0.1, -0.05) is 24.3 Å². The number of hydrogen-bond donors (Lipinski definition) is 2. The molecule has 0 bridgehead atoms. The van der Waals surface area contributed by atoms with Crippen LogP contribution in [-0.4, -0.2) is 23.9 Å². The topological polar surface area (TPSA) is 80.3 Å². The van der Waals surface area contributed by atoms with Gasteiger partial charge in [-0.15, -0.1) is 11.3 Å². The minimum absolute atomic E-state index is 0.0844. The van der Waals surface area contributed by atoms with Gasteiger partial charge in [0.2, 0.25) is 5.91 Å². The minimum Gasteiger partial charge on any atom is -0.497 e. The second-order valence-electron chi connectivity index (χ2n) is 6.38. The zero-order chi connectivity index (χ0) is 21.0. The first kappa shape index (κ1) is 20.5. The lowest BCUT2D eigenvalue weighted by Crippen LogP contribution is -2.23. The molecule has 1 heterocycles. The maximum atomic E-state index is 14.1. The molecule has 0 aliphatic carbocycles. The van der Waals surface area contributed by atoms with E-state index >= 15 is 0 Å². The summed E-state index contributed by atoms with van der Waals surface area (Å²) in [7, 11) is 1.43. The first-order chi connectivity index (χ1) is 13.9. The van der Waals surface area contributed by atoms with Crippen LogP contribution in [0.25, 0.3) is 11.3 Å². The molecule has 150 valence electrons. The molecule has 0 saturated heterocycles. The highest BCUT2D eigenvalue weighted by Crippen LogP contribution is 2.27. The van der Waals surface area contributed by atoms with E-state index in [-0.39, 0.29) is 17.5 Å². The summed E-state index contributed by atoms with van der Waals surface area (Å²) in [5, 5.41) is 7.63. The first-order valence-corrected chi connectivity index (χ1v) is 9.73. The highest BCUT2D eigenvalue weighted by molar-refractivity contribution is 7.14. The number of nitrogens with zero attached hydrogens (tertiary/aromatic N) is 1. The molecule has 3 aromatic rings. The van der Waals surface area contributed by atoms with Crippen molar-refractivity contribution < 1.29 is 18.7 Å². The molecular weight excluding hydrogens is 393 g/mol. The Balaban J connectivity index is 1.70. The van der Waals surface area contributed by atoms with E-state index in [4.69, 9.17) is 4.74 Å². The lowest BCUT2D eigenvalue weighted by molar-refractivity contribution is -0.119. The Hall–Kier alpha value is -3.26. The van der Waals surface area contributed by atoms with Crippen molar-refractivity contribution >= 4 is 28.3 Å². The van der Waals surface area contributed by atoms with E-state index in [1.54, 1.807) is 0 Å². The molecule has 0 aliphatic heterocycles. The van der Waals surface area contributed by atoms with Gasteiger partial charge in [0.1, 0.15) is 11.6 Å². The zero-order valence-corrected chi connectivity index (χ0v) is 17.0. The highest BCUT2D eigenvalue weighted by Gasteiger charge is 2.15. The van der Waals surface area contributed by atoms with Crippen LogP contribution in [0.1, 0.15) is 35.8 Å². The molecule has 0 radical (unpaired) electrons. The van der Waals surface area contributed by atoms with E-state index in [0.29, 0.717) is 16.6 Å². The molecule has 2 aromatic carbocycles. The van der Waals surface area contributed by atoms with Crippen molar-refractivity contribution in [2.75, 3.05) is 12.4 Å². The number of amides is 2. The number of anilines is 1. The number of carbonyl (C=O) groups is 2. The molecule has 29 heavy (non-hydrogen) atoms. The monoisotopic (exact) mass is 413 g/mol. The van der Waals surface area contributed by atoms with E-state index in [0.717, 1.165) is 17.2 Å². The quantitative estimate of drug-likeness (QED) is 0.627. The number of methoxy groups -OCH3 is 1. The van der Waals surface area contributed by atoms with Gasteiger partial charge in [0.05, 0.1) is 24.4 Å². The summed E-state index contributed by atoms with van der Waals surface area (Å²) in [5.41, 5.74) is 2.46. The third-order valence-corrected chi connectivity index (χ3v) is 5.03. The van der Waals surface area contributed by atoms with Crippen LogP contribution >= 0.6 is 11.3 Å². The fourth-order valence-electron chi connectivity index (χ4n) is 2.77. The number of aromatic nitrogens is 1. The number of ether oxygens (including phenoxy) is 1. The number of hydrogen-bond acceptors (Lipinski definition) is 5. The van der Waals surface area contributed by atoms with Gasteiger partial charge in [-0.2, -0.15) is 0 Å². The van der Waals surface area contributed by atoms with Crippen LogP contribution in [0.15, 0.2) is 47.8 Å². The maximum absolute atomic E-state index is 14.1. The standard InChI is InChI=1S/C21H20FN3O3S/c1-12(23-13(2)26)14-4-6-15(7-5-14)19-11-29-21(24-19)25-20(27)17-9-8-16(28-3)10-18(17)22/h4-12H,1-3H3,(H,23,26)(H,24,25,27). The van der Waals surface area contributed by atoms with Crippen molar-refractivity contribution in [3.8, 4) is 17.0 Å². The Kier molecular flexibility index (Phi) is 6.23. The predicted octanol–water partition coefficient (Wildman–Crippen LogP) is 4.41. The maximum Gasteiger partial charge on any atom is 0.260 e. The fourth-order valence-corrected chi connectivity index (χ4v) is 3.48. The molecule has 0 fully saturated rings. The van der Waals surface area contributed by atoms with Crippen LogP contribution < -0.4 is 15.4 Å². The molecule has 0 spiro atoms. The Morgan fingerprint density at radius 2 is 1.90 bits per heavy atom. The molecule has 0 saturated carbocycles. The van der Waals surface area contributed by atoms with Crippen LogP contribution in [0.5, 0.6) is 5.75 Å². The molecule has 2 N–H and O–H groups in total. The summed E-state index contributed by atoms with van der Waals surface area (Å²) < 4.78 is 19.0. The normalized spacial score (nSPS) is 11.6. The van der Waals surface area contributed by atoms with Crippen molar-refractivity contribution in [1.29, 1.82) is 0 Å². The number of thiazole rings is 1. The van der Waals surface area contributed by atoms with E-state index in [1.807, 2.05) is 36.6 Å². The summed E-state index contributed by atoms with van der Waals surface area (Å²) in [6.45, 7) is 3.39. The van der Waals surface area contributed by atoms with Gasteiger partial charge in [-0.3, -0.25) is 14.9 Å². The van der Waals surface area contributed by atoms with Gasteiger partial charge >= 0.3 is 0 Å². The average molecular weight is 413 g/mol. The molecule has 1 unspecified atom stereocenters. The summed E-state index contributed by atoms with van der Waals surface area (Å²) in [4.78, 5) is 27.9. The van der Waals surface area contributed by atoms with E-state index in [9.17, 15) is 14.0 Å². The summed E-state index contributed by atoms with van der Waals surface area (Å²) in [6, 6.07) is 11.6. The van der Waals surface area contributed by atoms with Crippen LogP contribution in [0.3, 0.4) is 0 Å². The molecular formula is C21H20FN3O3S. The minimum atomic E-state index is -0.664. The highest BCUT2D eigenvalue weighted by atomic mass is 32.1. The fraction of sp³-hybridized carbons (Fsp3) is 0.190. The molecule has 8 heteroatoms. The second-order valence-corrected chi connectivity index (χ2v) is 7.24. The third kappa shape index (κ3) is 4.97. The number of benzene rings is 2. The predicted molar refractivity (Wildman–Crippen MR) is 111 cm³/mol. The van der Waals surface area contributed by atoms with Crippen molar-refractivity contribution in [3.63, 3.8) is 0 Å². The Morgan fingerprint density at radius 3 is 2.52 bits per heavy atom. The van der Waals surface area contributed by atoms with Gasteiger partial charge in [0.25, 0.3) is 5.91 Å². The second kappa shape index (κ2) is 8.83. The van der Waals surface area contributed by atoms with Crippen LogP contribution in [-0.2, 0) is 4.79 Å². The Bertz CT molecular complexity index is 1030. The van der Waals surface area contributed by atoms with E-state index < -0.39 is 11.7 Å². The molecule has 2 amide bonds. The molecule has 1 aromatic heterocycles. The summed E-state index contributed by atoms with van der Waals surface area (Å²) in [6.07, 6.45) is 0. The zero-order valence-electron chi connectivity index (χ0n) is 16.2. The SMILES string of the molecule is COc1ccc(C(=O)Nc2nc(-c3ccc(C(C)NC(C)=O)cc3)cs2)c(F)c1. The Morgan fingerprint density at radius 1 is 1.17 bits per heavy atom. The number of rotatable bonds is 6. The largest absolute Gasteiger partial charge is 0.497 e. The van der Waals surface area contributed by atoms with Gasteiger partial charge < -0.3 is 10.1 Å². The summed E-state index contributed by atoms with van der Waals surface area (Å²) in [5.74, 6) is -0.991.